The fourth-order valence-electron chi connectivity index (χ4n) is 5.15. The van der Waals surface area contributed by atoms with E-state index in [0.717, 1.165) is 16.8 Å². The zero-order chi connectivity index (χ0) is 23.9. The standard InChI is InChI=1S/C29H30N2O3/c1-20-10-12-24-23(16-20)28(2,3)29(30-27(32)18-31(24)29)15-14-21-11-13-25(26(17-21)33-4)34-19-22-8-6-5-7-9-22/h5-17H,18-19H2,1-4H3,(H,30,32)/t29-/m0/s1. The van der Waals surface area contributed by atoms with Gasteiger partial charge in [-0.2, -0.15) is 0 Å². The van der Waals surface area contributed by atoms with Crippen molar-refractivity contribution in [2.75, 3.05) is 18.6 Å². The van der Waals surface area contributed by atoms with E-state index in [0.29, 0.717) is 24.7 Å². The minimum absolute atomic E-state index is 0.0335. The Hall–Kier alpha value is -3.73. The summed E-state index contributed by atoms with van der Waals surface area (Å²) < 4.78 is 11.6. The van der Waals surface area contributed by atoms with E-state index in [2.05, 4.69) is 61.3 Å². The number of aryl methyl sites for hydroxylation is 1. The van der Waals surface area contributed by atoms with Crippen molar-refractivity contribution in [3.8, 4) is 11.5 Å². The summed E-state index contributed by atoms with van der Waals surface area (Å²) in [5.41, 5.74) is 4.72. The van der Waals surface area contributed by atoms with Gasteiger partial charge in [-0.05, 0) is 47.9 Å². The van der Waals surface area contributed by atoms with Crippen LogP contribution in [0.1, 0.15) is 36.1 Å². The van der Waals surface area contributed by atoms with Gasteiger partial charge in [0.05, 0.1) is 13.7 Å². The van der Waals surface area contributed by atoms with Crippen molar-refractivity contribution in [1.82, 2.24) is 5.32 Å². The molecule has 1 saturated heterocycles. The lowest BCUT2D eigenvalue weighted by Crippen LogP contribution is -2.58. The summed E-state index contributed by atoms with van der Waals surface area (Å²) >= 11 is 0. The van der Waals surface area contributed by atoms with E-state index in [1.54, 1.807) is 7.11 Å². The van der Waals surface area contributed by atoms with Gasteiger partial charge in [0.2, 0.25) is 5.91 Å². The number of ether oxygens (including phenoxy) is 2. The van der Waals surface area contributed by atoms with E-state index in [9.17, 15) is 4.79 Å². The van der Waals surface area contributed by atoms with Gasteiger partial charge in [-0.3, -0.25) is 4.79 Å². The first-order valence-corrected chi connectivity index (χ1v) is 11.6. The molecule has 3 aromatic rings. The number of nitrogens with zero attached hydrogens (tertiary/aromatic N) is 1. The fourth-order valence-corrected chi connectivity index (χ4v) is 5.15. The highest BCUT2D eigenvalue weighted by Crippen LogP contribution is 2.53. The highest BCUT2D eigenvalue weighted by atomic mass is 16.5. The van der Waals surface area contributed by atoms with E-state index < -0.39 is 5.66 Å². The third-order valence-corrected chi connectivity index (χ3v) is 7.07. The molecule has 1 amide bonds. The average Bonchev–Trinajstić information content (AvgIpc) is 3.26. The van der Waals surface area contributed by atoms with Crippen molar-refractivity contribution >= 4 is 17.7 Å². The molecule has 34 heavy (non-hydrogen) atoms. The number of fused-ring (bicyclic) bond motifs is 3. The Morgan fingerprint density at radius 2 is 1.82 bits per heavy atom. The maximum Gasteiger partial charge on any atom is 0.241 e. The van der Waals surface area contributed by atoms with Crippen LogP contribution in [-0.2, 0) is 16.8 Å². The first-order chi connectivity index (χ1) is 16.3. The van der Waals surface area contributed by atoms with Crippen molar-refractivity contribution in [3.05, 3.63) is 95.1 Å². The lowest BCUT2D eigenvalue weighted by Gasteiger charge is -2.40. The van der Waals surface area contributed by atoms with Crippen LogP contribution in [0.4, 0.5) is 5.69 Å². The van der Waals surface area contributed by atoms with Gasteiger partial charge in [0, 0.05) is 11.1 Å². The van der Waals surface area contributed by atoms with Crippen LogP contribution in [0.2, 0.25) is 0 Å². The number of amides is 1. The number of anilines is 1. The Bertz CT molecular complexity index is 1270. The van der Waals surface area contributed by atoms with Crippen LogP contribution < -0.4 is 19.7 Å². The van der Waals surface area contributed by atoms with Gasteiger partial charge in [-0.1, -0.05) is 74.0 Å². The van der Waals surface area contributed by atoms with Gasteiger partial charge in [0.1, 0.15) is 12.3 Å². The van der Waals surface area contributed by atoms with Crippen molar-refractivity contribution in [1.29, 1.82) is 0 Å². The number of nitrogens with one attached hydrogen (secondary N) is 1. The van der Waals surface area contributed by atoms with E-state index in [4.69, 9.17) is 9.47 Å². The number of hydrogen-bond acceptors (Lipinski definition) is 4. The van der Waals surface area contributed by atoms with E-state index >= 15 is 0 Å². The van der Waals surface area contributed by atoms with Gasteiger partial charge in [0.25, 0.3) is 0 Å². The first-order valence-electron chi connectivity index (χ1n) is 11.6. The Morgan fingerprint density at radius 3 is 2.59 bits per heavy atom. The number of carbonyl (C=O) groups is 1. The van der Waals surface area contributed by atoms with Crippen LogP contribution in [0.25, 0.3) is 6.08 Å². The Morgan fingerprint density at radius 1 is 1.03 bits per heavy atom. The molecule has 1 N–H and O–H groups in total. The van der Waals surface area contributed by atoms with Gasteiger partial charge in [-0.25, -0.2) is 0 Å². The number of benzene rings is 3. The zero-order valence-corrected chi connectivity index (χ0v) is 20.1. The largest absolute Gasteiger partial charge is 0.493 e. The van der Waals surface area contributed by atoms with E-state index in [1.165, 1.54) is 11.1 Å². The first kappa shape index (κ1) is 22.1. The molecule has 0 bridgehead atoms. The van der Waals surface area contributed by atoms with E-state index in [1.807, 2.05) is 48.5 Å². The quantitative estimate of drug-likeness (QED) is 0.555. The van der Waals surface area contributed by atoms with Crippen LogP contribution in [0.5, 0.6) is 11.5 Å². The zero-order valence-electron chi connectivity index (χ0n) is 20.1. The molecule has 5 heteroatoms. The predicted molar refractivity (Wildman–Crippen MR) is 135 cm³/mol. The van der Waals surface area contributed by atoms with Crippen LogP contribution in [-0.4, -0.2) is 25.2 Å². The molecule has 2 heterocycles. The summed E-state index contributed by atoms with van der Waals surface area (Å²) in [5.74, 6) is 1.40. The molecule has 2 aliphatic heterocycles. The van der Waals surface area contributed by atoms with Gasteiger partial charge in [0.15, 0.2) is 11.5 Å². The lowest BCUT2D eigenvalue weighted by atomic mass is 9.75. The summed E-state index contributed by atoms with van der Waals surface area (Å²) in [6.07, 6.45) is 4.18. The predicted octanol–water partition coefficient (Wildman–Crippen LogP) is 5.22. The molecule has 0 aliphatic carbocycles. The van der Waals surface area contributed by atoms with Gasteiger partial charge >= 0.3 is 0 Å². The van der Waals surface area contributed by atoms with Crippen molar-refractivity contribution < 1.29 is 14.3 Å². The topological polar surface area (TPSA) is 50.8 Å². The molecular weight excluding hydrogens is 424 g/mol. The third-order valence-electron chi connectivity index (χ3n) is 7.07. The summed E-state index contributed by atoms with van der Waals surface area (Å²) in [6, 6.07) is 22.4. The molecule has 5 nitrogen and oxygen atoms in total. The molecule has 2 aliphatic rings. The van der Waals surface area contributed by atoms with Crippen LogP contribution in [0.3, 0.4) is 0 Å². The van der Waals surface area contributed by atoms with Crippen molar-refractivity contribution in [2.24, 2.45) is 0 Å². The Balaban J connectivity index is 1.44. The monoisotopic (exact) mass is 454 g/mol. The number of rotatable bonds is 6. The van der Waals surface area contributed by atoms with Crippen LogP contribution in [0.15, 0.2) is 72.8 Å². The number of carbonyl (C=O) groups excluding carboxylic acids is 1. The molecule has 174 valence electrons. The molecule has 0 unspecified atom stereocenters. The summed E-state index contributed by atoms with van der Waals surface area (Å²) in [7, 11) is 1.65. The SMILES string of the molecule is COc1cc(C=C[C@]23NC(=O)CN2c2ccc(C)cc2C3(C)C)ccc1OCc1ccccc1. The maximum absolute atomic E-state index is 12.5. The van der Waals surface area contributed by atoms with E-state index in [-0.39, 0.29) is 11.3 Å². The average molecular weight is 455 g/mol. The maximum atomic E-state index is 12.5. The van der Waals surface area contributed by atoms with Gasteiger partial charge in [-0.15, -0.1) is 0 Å². The minimum atomic E-state index is -0.629. The summed E-state index contributed by atoms with van der Waals surface area (Å²) in [6.45, 7) is 7.32. The summed E-state index contributed by atoms with van der Waals surface area (Å²) in [5, 5.41) is 3.28. The minimum Gasteiger partial charge on any atom is -0.493 e. The highest BCUT2D eigenvalue weighted by molar-refractivity contribution is 5.91. The second kappa shape index (κ2) is 8.24. The van der Waals surface area contributed by atoms with Crippen molar-refractivity contribution in [2.45, 2.75) is 38.5 Å². The summed E-state index contributed by atoms with van der Waals surface area (Å²) in [4.78, 5) is 14.7. The van der Waals surface area contributed by atoms with Crippen molar-refractivity contribution in [3.63, 3.8) is 0 Å². The normalized spacial score (nSPS) is 20.2. The lowest BCUT2D eigenvalue weighted by molar-refractivity contribution is -0.118. The van der Waals surface area contributed by atoms with Crippen LogP contribution in [0, 0.1) is 6.92 Å². The molecule has 0 radical (unpaired) electrons. The third kappa shape index (κ3) is 3.52. The fraction of sp³-hybridized carbons (Fsp3) is 0.276. The molecule has 1 fully saturated rings. The molecular formula is C29H30N2O3. The Labute approximate surface area is 201 Å². The molecule has 0 spiro atoms. The van der Waals surface area contributed by atoms with Gasteiger partial charge < -0.3 is 19.7 Å². The smallest absolute Gasteiger partial charge is 0.241 e. The number of methoxy groups -OCH3 is 1. The molecule has 3 aromatic carbocycles. The molecule has 0 aromatic heterocycles. The second-order valence-corrected chi connectivity index (χ2v) is 9.56. The van der Waals surface area contributed by atoms with Crippen LogP contribution >= 0.6 is 0 Å². The highest BCUT2D eigenvalue weighted by Gasteiger charge is 2.59. The molecule has 0 saturated carbocycles. The number of hydrogen-bond donors (Lipinski definition) is 1. The Kier molecular flexibility index (Phi) is 5.35. The molecule has 5 rings (SSSR count). The molecule has 1 atom stereocenters. The second-order valence-electron chi connectivity index (χ2n) is 9.56.